The second-order valence-corrected chi connectivity index (χ2v) is 4.32. The first-order valence-electron chi connectivity index (χ1n) is 6.26. The van der Waals surface area contributed by atoms with Crippen LogP contribution in [-0.2, 0) is 6.54 Å². The molecule has 0 bridgehead atoms. The summed E-state index contributed by atoms with van der Waals surface area (Å²) in [6.07, 6.45) is 3.30. The Labute approximate surface area is 108 Å². The zero-order chi connectivity index (χ0) is 13.4. The Kier molecular flexibility index (Phi) is 6.36. The summed E-state index contributed by atoms with van der Waals surface area (Å²) in [7, 11) is 0. The molecular formula is C14H21FN2O. The highest BCUT2D eigenvalue weighted by Gasteiger charge is 2.10. The van der Waals surface area contributed by atoms with Crippen molar-refractivity contribution in [1.82, 2.24) is 10.3 Å². The Hall–Kier alpha value is -1.42. The van der Waals surface area contributed by atoms with Gasteiger partial charge in [-0.2, -0.15) is 0 Å². The lowest BCUT2D eigenvalue weighted by Crippen LogP contribution is -2.15. The molecule has 0 saturated heterocycles. The van der Waals surface area contributed by atoms with E-state index in [1.54, 1.807) is 12.3 Å². The van der Waals surface area contributed by atoms with Gasteiger partial charge in [0, 0.05) is 24.7 Å². The second-order valence-electron chi connectivity index (χ2n) is 4.32. The van der Waals surface area contributed by atoms with Crippen LogP contribution in [0.25, 0.3) is 0 Å². The van der Waals surface area contributed by atoms with Gasteiger partial charge >= 0.3 is 0 Å². The molecule has 0 aliphatic heterocycles. The molecule has 0 spiro atoms. The van der Waals surface area contributed by atoms with Crippen molar-refractivity contribution in [2.24, 2.45) is 0 Å². The summed E-state index contributed by atoms with van der Waals surface area (Å²) in [4.78, 5) is 3.91. The van der Waals surface area contributed by atoms with Crippen molar-refractivity contribution in [1.29, 1.82) is 0 Å². The van der Waals surface area contributed by atoms with Crippen molar-refractivity contribution in [3.8, 4) is 5.88 Å². The van der Waals surface area contributed by atoms with Crippen LogP contribution in [-0.4, -0.2) is 18.1 Å². The number of hydrogen-bond donors (Lipinski definition) is 1. The Morgan fingerprint density at radius 2 is 2.33 bits per heavy atom. The van der Waals surface area contributed by atoms with Crippen molar-refractivity contribution >= 4 is 0 Å². The quantitative estimate of drug-likeness (QED) is 0.570. The molecule has 0 aliphatic rings. The van der Waals surface area contributed by atoms with Crippen molar-refractivity contribution in [3.05, 3.63) is 35.8 Å². The van der Waals surface area contributed by atoms with Crippen molar-refractivity contribution in [3.63, 3.8) is 0 Å². The lowest BCUT2D eigenvalue weighted by atomic mass is 10.2. The van der Waals surface area contributed by atoms with Gasteiger partial charge in [-0.3, -0.25) is 0 Å². The standard InChI is InChI=1S/C14H21FN2O/c1-4-7-16-10-12-5-8-17-14(13(12)15)18-9-6-11(2)3/h5,8,16H,2,4,6-7,9-10H2,1,3H3. The summed E-state index contributed by atoms with van der Waals surface area (Å²) in [5.41, 5.74) is 1.60. The minimum absolute atomic E-state index is 0.0760. The molecule has 3 nitrogen and oxygen atoms in total. The van der Waals surface area contributed by atoms with Gasteiger partial charge in [0.15, 0.2) is 5.82 Å². The number of hydrogen-bond acceptors (Lipinski definition) is 3. The number of aromatic nitrogens is 1. The summed E-state index contributed by atoms with van der Waals surface area (Å²) in [5, 5.41) is 3.16. The van der Waals surface area contributed by atoms with E-state index in [0.29, 0.717) is 25.1 Å². The molecule has 18 heavy (non-hydrogen) atoms. The Bertz CT molecular complexity index is 393. The lowest BCUT2D eigenvalue weighted by Gasteiger charge is -2.09. The van der Waals surface area contributed by atoms with Crippen LogP contribution in [0, 0.1) is 5.82 Å². The van der Waals surface area contributed by atoms with Gasteiger partial charge in [0.25, 0.3) is 5.88 Å². The molecule has 0 aliphatic carbocycles. The molecule has 100 valence electrons. The molecule has 0 radical (unpaired) electrons. The number of pyridine rings is 1. The smallest absolute Gasteiger partial charge is 0.250 e. The van der Waals surface area contributed by atoms with Crippen molar-refractivity contribution < 1.29 is 9.13 Å². The second kappa shape index (κ2) is 7.82. The highest BCUT2D eigenvalue weighted by molar-refractivity contribution is 5.23. The van der Waals surface area contributed by atoms with Crippen molar-refractivity contribution in [2.45, 2.75) is 33.2 Å². The van der Waals surface area contributed by atoms with Crippen LogP contribution in [0.1, 0.15) is 32.3 Å². The van der Waals surface area contributed by atoms with E-state index in [4.69, 9.17) is 4.74 Å². The number of nitrogens with one attached hydrogen (secondary N) is 1. The van der Waals surface area contributed by atoms with Gasteiger partial charge in [-0.15, -0.1) is 6.58 Å². The zero-order valence-corrected chi connectivity index (χ0v) is 11.1. The lowest BCUT2D eigenvalue weighted by molar-refractivity contribution is 0.290. The zero-order valence-electron chi connectivity index (χ0n) is 11.1. The Balaban J connectivity index is 2.57. The molecule has 1 aromatic rings. The fourth-order valence-electron chi connectivity index (χ4n) is 1.42. The topological polar surface area (TPSA) is 34.1 Å². The summed E-state index contributed by atoms with van der Waals surface area (Å²) in [5.74, 6) is -0.296. The van der Waals surface area contributed by atoms with Gasteiger partial charge in [0.1, 0.15) is 0 Å². The molecule has 0 atom stereocenters. The highest BCUT2D eigenvalue weighted by Crippen LogP contribution is 2.17. The molecular weight excluding hydrogens is 231 g/mol. The van der Waals surface area contributed by atoms with E-state index in [9.17, 15) is 4.39 Å². The molecule has 1 rings (SSSR count). The summed E-state index contributed by atoms with van der Waals surface area (Å²) in [6, 6.07) is 1.67. The van der Waals surface area contributed by atoms with E-state index in [0.717, 1.165) is 18.5 Å². The van der Waals surface area contributed by atoms with E-state index in [1.807, 2.05) is 6.92 Å². The molecule has 1 N–H and O–H groups in total. The highest BCUT2D eigenvalue weighted by atomic mass is 19.1. The van der Waals surface area contributed by atoms with Crippen LogP contribution >= 0.6 is 0 Å². The van der Waals surface area contributed by atoms with Gasteiger partial charge < -0.3 is 10.1 Å². The normalized spacial score (nSPS) is 10.4. The molecule has 4 heteroatoms. The fourth-order valence-corrected chi connectivity index (χ4v) is 1.42. The van der Waals surface area contributed by atoms with Gasteiger partial charge in [0.2, 0.25) is 0 Å². The van der Waals surface area contributed by atoms with E-state index in [2.05, 4.69) is 23.8 Å². The third kappa shape index (κ3) is 4.84. The van der Waals surface area contributed by atoms with E-state index in [1.165, 1.54) is 0 Å². The Morgan fingerprint density at radius 3 is 3.00 bits per heavy atom. The summed E-state index contributed by atoms with van der Waals surface area (Å²) >= 11 is 0. The maximum Gasteiger partial charge on any atom is 0.250 e. The average Bonchev–Trinajstić information content (AvgIpc) is 2.33. The first kappa shape index (κ1) is 14.6. The van der Waals surface area contributed by atoms with Gasteiger partial charge in [0.05, 0.1) is 6.61 Å². The number of ether oxygens (including phenoxy) is 1. The number of halogens is 1. The molecule has 0 amide bonds. The third-order valence-electron chi connectivity index (χ3n) is 2.45. The Morgan fingerprint density at radius 1 is 1.56 bits per heavy atom. The number of rotatable bonds is 8. The first-order chi connectivity index (χ1) is 8.65. The van der Waals surface area contributed by atoms with Crippen LogP contribution < -0.4 is 10.1 Å². The first-order valence-corrected chi connectivity index (χ1v) is 6.26. The monoisotopic (exact) mass is 252 g/mol. The van der Waals surface area contributed by atoms with Crippen LogP contribution in [0.3, 0.4) is 0 Å². The van der Waals surface area contributed by atoms with Gasteiger partial charge in [-0.25, -0.2) is 9.37 Å². The third-order valence-corrected chi connectivity index (χ3v) is 2.45. The molecule has 0 saturated carbocycles. The van der Waals surface area contributed by atoms with E-state index >= 15 is 0 Å². The minimum Gasteiger partial charge on any atom is -0.475 e. The van der Waals surface area contributed by atoms with Crippen LogP contribution in [0.15, 0.2) is 24.4 Å². The molecule has 0 unspecified atom stereocenters. The van der Waals surface area contributed by atoms with E-state index < -0.39 is 0 Å². The average molecular weight is 252 g/mol. The van der Waals surface area contributed by atoms with E-state index in [-0.39, 0.29) is 11.7 Å². The van der Waals surface area contributed by atoms with Crippen LogP contribution in [0.2, 0.25) is 0 Å². The number of nitrogens with zero attached hydrogens (tertiary/aromatic N) is 1. The molecule has 0 aromatic carbocycles. The largest absolute Gasteiger partial charge is 0.475 e. The predicted octanol–water partition coefficient (Wildman–Crippen LogP) is 3.07. The molecule has 1 heterocycles. The fraction of sp³-hybridized carbons (Fsp3) is 0.500. The summed E-state index contributed by atoms with van der Waals surface area (Å²) in [6.45, 7) is 9.53. The summed E-state index contributed by atoms with van der Waals surface area (Å²) < 4.78 is 19.3. The van der Waals surface area contributed by atoms with Crippen LogP contribution in [0.4, 0.5) is 4.39 Å². The van der Waals surface area contributed by atoms with Crippen molar-refractivity contribution in [2.75, 3.05) is 13.2 Å². The SMILES string of the molecule is C=C(C)CCOc1nccc(CNCCC)c1F. The molecule has 0 fully saturated rings. The van der Waals surface area contributed by atoms with Crippen LogP contribution in [0.5, 0.6) is 5.88 Å². The molecule has 1 aromatic heterocycles. The maximum absolute atomic E-state index is 14.0. The minimum atomic E-state index is -0.372. The van der Waals surface area contributed by atoms with Gasteiger partial charge in [-0.1, -0.05) is 12.5 Å². The van der Waals surface area contributed by atoms with Gasteiger partial charge in [-0.05, 0) is 26.0 Å². The maximum atomic E-state index is 14.0. The predicted molar refractivity (Wildman–Crippen MR) is 71.1 cm³/mol.